The number of carbonyl (C=O) groups excluding carboxylic acids is 2. The van der Waals surface area contributed by atoms with Crippen LogP contribution >= 0.6 is 0 Å². The zero-order valence-electron chi connectivity index (χ0n) is 22.3. The number of ketones is 2. The number of benzene rings is 4. The maximum atomic E-state index is 13.3. The Hall–Kier alpha value is -5.81. The monoisotopic (exact) mass is 547 g/mol. The molecule has 0 fully saturated rings. The second-order valence-corrected chi connectivity index (χ2v) is 9.98. The predicted molar refractivity (Wildman–Crippen MR) is 163 cm³/mol. The quantitative estimate of drug-likeness (QED) is 0.139. The fraction of sp³-hybridized carbons (Fsp3) is 0. The minimum atomic E-state index is -0.766. The van der Waals surface area contributed by atoms with Crippen LogP contribution < -0.4 is 4.74 Å². The molecule has 2 heterocycles. The molecular weight excluding hydrogens is 524 g/mol. The largest absolute Gasteiger partial charge is 0.506 e. The van der Waals surface area contributed by atoms with E-state index in [0.29, 0.717) is 34.0 Å². The minimum Gasteiger partial charge on any atom is -0.506 e. The number of Topliss-reactive ketones (excluding diaryl/α,β-unsaturated/α-hetero) is 2. The Bertz CT molecular complexity index is 2030. The molecule has 4 aromatic carbocycles. The SMILES string of the molecule is O=C1C(=O)/C(=C\c2cc(-c3ccccc3)[o+]c3ccccc23)C(O)=C1/C=C1/C=C(c2ccccc2)Oc2ccccc21. The standard InChI is InChI=1S/C37H22O5/c38-35-29(19-25-21-33(23-11-3-1-4-12-23)41-31-17-9-7-15-27(25)31)36(39)37(40)30(35)20-26-22-34(24-13-5-2-6-14-24)42-32-18-10-8-16-28(26)32/h1-22H/p+1. The van der Waals surface area contributed by atoms with Crippen molar-refractivity contribution in [3.63, 3.8) is 0 Å². The smallest absolute Gasteiger partial charge is 0.361 e. The Labute approximate surface area is 241 Å². The number of para-hydroxylation sites is 2. The van der Waals surface area contributed by atoms with Crippen LogP contribution in [0.15, 0.2) is 149 Å². The van der Waals surface area contributed by atoms with Crippen molar-refractivity contribution in [2.45, 2.75) is 0 Å². The molecule has 2 aliphatic rings. The maximum absolute atomic E-state index is 13.3. The van der Waals surface area contributed by atoms with Gasteiger partial charge in [0.1, 0.15) is 17.3 Å². The van der Waals surface area contributed by atoms with Gasteiger partial charge in [-0.3, -0.25) is 9.59 Å². The average Bonchev–Trinajstić information content (AvgIpc) is 3.24. The summed E-state index contributed by atoms with van der Waals surface area (Å²) >= 11 is 0. The Kier molecular flexibility index (Phi) is 6.18. The highest BCUT2D eigenvalue weighted by Gasteiger charge is 2.36. The van der Waals surface area contributed by atoms with Crippen LogP contribution in [0.2, 0.25) is 0 Å². The number of carbonyl (C=O) groups is 2. The fourth-order valence-electron chi connectivity index (χ4n) is 5.23. The van der Waals surface area contributed by atoms with Gasteiger partial charge in [-0.05, 0) is 48.1 Å². The third-order valence-corrected chi connectivity index (χ3v) is 7.33. The zero-order chi connectivity index (χ0) is 28.6. The van der Waals surface area contributed by atoms with Gasteiger partial charge >= 0.3 is 11.3 Å². The van der Waals surface area contributed by atoms with Gasteiger partial charge in [-0.2, -0.15) is 0 Å². The number of rotatable bonds is 4. The molecule has 5 aromatic rings. The van der Waals surface area contributed by atoms with Crippen LogP contribution in [-0.4, -0.2) is 16.7 Å². The van der Waals surface area contributed by atoms with Gasteiger partial charge in [0.2, 0.25) is 11.6 Å². The summed E-state index contributed by atoms with van der Waals surface area (Å²) < 4.78 is 12.3. The molecule has 5 nitrogen and oxygen atoms in total. The topological polar surface area (TPSA) is 74.9 Å². The lowest BCUT2D eigenvalue weighted by molar-refractivity contribution is -0.131. The molecule has 1 N–H and O–H groups in total. The van der Waals surface area contributed by atoms with Crippen molar-refractivity contribution in [2.75, 3.05) is 0 Å². The highest BCUT2D eigenvalue weighted by Crippen LogP contribution is 2.39. The van der Waals surface area contributed by atoms with E-state index < -0.39 is 11.6 Å². The third kappa shape index (κ3) is 4.43. The van der Waals surface area contributed by atoms with Crippen molar-refractivity contribution in [2.24, 2.45) is 0 Å². The van der Waals surface area contributed by atoms with Crippen LogP contribution in [0.5, 0.6) is 5.75 Å². The maximum Gasteiger partial charge on any atom is 0.361 e. The van der Waals surface area contributed by atoms with Crippen LogP contribution in [0.1, 0.15) is 16.7 Å². The second kappa shape index (κ2) is 10.3. The van der Waals surface area contributed by atoms with E-state index in [1.807, 2.05) is 121 Å². The molecule has 0 saturated carbocycles. The Morgan fingerprint density at radius 3 is 2.14 bits per heavy atom. The molecule has 0 radical (unpaired) electrons. The molecule has 5 heteroatoms. The van der Waals surface area contributed by atoms with Crippen molar-refractivity contribution < 1.29 is 23.8 Å². The summed E-state index contributed by atoms with van der Waals surface area (Å²) in [6.45, 7) is 0. The number of aliphatic hydroxyl groups is 1. The van der Waals surface area contributed by atoms with Gasteiger partial charge < -0.3 is 9.84 Å². The molecule has 7 rings (SSSR count). The van der Waals surface area contributed by atoms with Gasteiger partial charge in [0.25, 0.3) is 0 Å². The lowest BCUT2D eigenvalue weighted by Crippen LogP contribution is -2.10. The molecule has 1 aliphatic carbocycles. The highest BCUT2D eigenvalue weighted by molar-refractivity contribution is 6.54. The Morgan fingerprint density at radius 2 is 1.36 bits per heavy atom. The fourth-order valence-corrected chi connectivity index (χ4v) is 5.23. The molecule has 200 valence electrons. The van der Waals surface area contributed by atoms with Crippen LogP contribution in [0.3, 0.4) is 0 Å². The van der Waals surface area contributed by atoms with Crippen LogP contribution in [-0.2, 0) is 9.59 Å². The summed E-state index contributed by atoms with van der Waals surface area (Å²) in [6.07, 6.45) is 4.94. The minimum absolute atomic E-state index is 0.0604. The number of allylic oxidation sites excluding steroid dienone is 5. The van der Waals surface area contributed by atoms with Gasteiger partial charge in [0.05, 0.1) is 28.2 Å². The van der Waals surface area contributed by atoms with Crippen LogP contribution in [0.25, 0.3) is 39.7 Å². The highest BCUT2D eigenvalue weighted by atomic mass is 16.5. The first kappa shape index (κ1) is 25.2. The lowest BCUT2D eigenvalue weighted by Gasteiger charge is -2.20. The average molecular weight is 548 g/mol. The van der Waals surface area contributed by atoms with E-state index in [1.54, 1.807) is 12.2 Å². The van der Waals surface area contributed by atoms with Crippen molar-refractivity contribution in [1.29, 1.82) is 0 Å². The molecule has 0 atom stereocenters. The van der Waals surface area contributed by atoms with Crippen molar-refractivity contribution >= 4 is 39.9 Å². The normalized spacial score (nSPS) is 16.6. The first-order chi connectivity index (χ1) is 20.6. The third-order valence-electron chi connectivity index (χ3n) is 7.33. The Morgan fingerprint density at radius 1 is 0.690 bits per heavy atom. The van der Waals surface area contributed by atoms with E-state index in [0.717, 1.165) is 22.1 Å². The summed E-state index contributed by atoms with van der Waals surface area (Å²) in [5.41, 5.74) is 4.26. The molecule has 0 amide bonds. The molecule has 0 bridgehead atoms. The van der Waals surface area contributed by atoms with Gasteiger partial charge in [0, 0.05) is 22.8 Å². The number of hydrogen-bond acceptors (Lipinski definition) is 4. The van der Waals surface area contributed by atoms with Crippen LogP contribution in [0.4, 0.5) is 0 Å². The first-order valence-electron chi connectivity index (χ1n) is 13.5. The van der Waals surface area contributed by atoms with Crippen LogP contribution in [0, 0.1) is 0 Å². The molecular formula is C37H23O5+. The summed E-state index contributed by atoms with van der Waals surface area (Å²) in [7, 11) is 0. The lowest BCUT2D eigenvalue weighted by atomic mass is 9.97. The van der Waals surface area contributed by atoms with Crippen molar-refractivity contribution in [3.05, 3.63) is 161 Å². The Balaban J connectivity index is 1.37. The summed E-state index contributed by atoms with van der Waals surface area (Å²) in [4.78, 5) is 26.6. The van der Waals surface area contributed by atoms with Crippen molar-refractivity contribution in [3.8, 4) is 17.1 Å². The van der Waals surface area contributed by atoms with Gasteiger partial charge in [0.15, 0.2) is 0 Å². The zero-order valence-corrected chi connectivity index (χ0v) is 22.3. The molecule has 42 heavy (non-hydrogen) atoms. The van der Waals surface area contributed by atoms with E-state index in [-0.39, 0.29) is 16.9 Å². The molecule has 0 unspecified atom stereocenters. The van der Waals surface area contributed by atoms with E-state index >= 15 is 0 Å². The van der Waals surface area contributed by atoms with Gasteiger partial charge in [-0.1, -0.05) is 78.9 Å². The summed E-state index contributed by atoms with van der Waals surface area (Å²) in [5, 5.41) is 12.1. The number of ether oxygens (including phenoxy) is 1. The van der Waals surface area contributed by atoms with Crippen molar-refractivity contribution in [1.82, 2.24) is 0 Å². The summed E-state index contributed by atoms with van der Waals surface area (Å²) in [6, 6.07) is 35.9. The molecule has 0 spiro atoms. The van der Waals surface area contributed by atoms with E-state index in [1.165, 1.54) is 0 Å². The number of hydrogen-bond donors (Lipinski definition) is 1. The van der Waals surface area contributed by atoms with E-state index in [2.05, 4.69) is 0 Å². The van der Waals surface area contributed by atoms with Gasteiger partial charge in [-0.15, -0.1) is 0 Å². The van der Waals surface area contributed by atoms with E-state index in [4.69, 9.17) is 9.15 Å². The van der Waals surface area contributed by atoms with Gasteiger partial charge in [-0.25, -0.2) is 4.42 Å². The number of aliphatic hydroxyl groups excluding tert-OH is 1. The first-order valence-corrected chi connectivity index (χ1v) is 13.5. The summed E-state index contributed by atoms with van der Waals surface area (Å²) in [5.74, 6) is -0.0774. The van der Waals surface area contributed by atoms with E-state index in [9.17, 15) is 14.7 Å². The molecule has 1 aliphatic heterocycles. The predicted octanol–water partition coefficient (Wildman–Crippen LogP) is 8.25. The second-order valence-electron chi connectivity index (χ2n) is 9.98. The number of fused-ring (bicyclic) bond motifs is 2. The molecule has 1 aromatic heterocycles. The molecule has 0 saturated heterocycles.